The van der Waals surface area contributed by atoms with E-state index in [0.717, 1.165) is 65.1 Å². The van der Waals surface area contributed by atoms with E-state index < -0.39 is 0 Å². The van der Waals surface area contributed by atoms with E-state index >= 15 is 0 Å². The molecule has 2 saturated carbocycles. The average molecular weight is 847 g/mol. The van der Waals surface area contributed by atoms with Crippen LogP contribution >= 0.6 is 22.7 Å². The van der Waals surface area contributed by atoms with Crippen LogP contribution in [0, 0.1) is 11.8 Å². The lowest BCUT2D eigenvalue weighted by atomic mass is 9.82. The molecule has 0 bridgehead atoms. The van der Waals surface area contributed by atoms with Crippen molar-refractivity contribution in [1.82, 2.24) is 0 Å². The van der Waals surface area contributed by atoms with Crippen LogP contribution in [0.25, 0.3) is 20.9 Å². The molecular formula is C46H58N2O9S2. The number of hydrogen-bond acceptors (Lipinski definition) is 13. The Balaban J connectivity index is 0.000000216. The predicted octanol–water partition coefficient (Wildman–Crippen LogP) is 10.4. The van der Waals surface area contributed by atoms with Gasteiger partial charge in [-0.1, -0.05) is 99.2 Å². The van der Waals surface area contributed by atoms with Gasteiger partial charge in [-0.3, -0.25) is 14.4 Å². The Morgan fingerprint density at radius 1 is 0.678 bits per heavy atom. The zero-order valence-corrected chi connectivity index (χ0v) is 36.3. The Morgan fingerprint density at radius 3 is 1.71 bits per heavy atom. The molecule has 0 saturated heterocycles. The lowest BCUT2D eigenvalue weighted by Gasteiger charge is -2.31. The van der Waals surface area contributed by atoms with Gasteiger partial charge >= 0.3 is 23.9 Å². The van der Waals surface area contributed by atoms with Gasteiger partial charge in [-0.25, -0.2) is 9.59 Å². The summed E-state index contributed by atoms with van der Waals surface area (Å²) < 4.78 is 19.6. The van der Waals surface area contributed by atoms with Crippen molar-refractivity contribution in [3.63, 3.8) is 0 Å². The van der Waals surface area contributed by atoms with Gasteiger partial charge in [-0.2, -0.15) is 0 Å². The largest absolute Gasteiger partial charge is 0.466 e. The number of ketones is 1. The molecule has 2 fully saturated rings. The summed E-state index contributed by atoms with van der Waals surface area (Å²) in [5.41, 5.74) is 9.07. The van der Waals surface area contributed by atoms with E-state index in [1.54, 1.807) is 13.0 Å². The molecule has 6 rings (SSSR count). The first-order valence-corrected chi connectivity index (χ1v) is 22.1. The summed E-state index contributed by atoms with van der Waals surface area (Å²) in [6.07, 6.45) is 11.4. The highest BCUT2D eigenvalue weighted by atomic mass is 32.1. The van der Waals surface area contributed by atoms with E-state index in [1.807, 2.05) is 73.7 Å². The van der Waals surface area contributed by atoms with E-state index in [4.69, 9.17) is 19.9 Å². The molecule has 11 nitrogen and oxygen atoms in total. The number of anilines is 2. The molecule has 0 spiro atoms. The summed E-state index contributed by atoms with van der Waals surface area (Å²) in [7, 11) is 2.74. The summed E-state index contributed by atoms with van der Waals surface area (Å²) in [6.45, 7) is 4.31. The SMILES string of the molecule is CCOC(=O)CC(=O)C1CCCCC1.CCOC(=O)CC(Nc1cc(-c2ccccc2)sc1C(=O)OC)C1CCCCC1.COC(=O)c1sc(-c2ccccc2)cc1N. The number of methoxy groups -OCH3 is 2. The number of rotatable bonds is 14. The number of nitrogens with one attached hydrogen (secondary N) is 1. The number of benzene rings is 2. The number of Topliss-reactive ketones (excluding diaryl/α,β-unsaturated/α-hetero) is 1. The molecular weight excluding hydrogens is 789 g/mol. The van der Waals surface area contributed by atoms with Gasteiger partial charge in [0, 0.05) is 21.7 Å². The predicted molar refractivity (Wildman–Crippen MR) is 235 cm³/mol. The molecule has 2 aliphatic rings. The standard InChI is InChI=1S/C23H29NO4S.C12H11NO2S.C11H18O3/c1-3-28-21(25)15-18(16-10-6-4-7-11-16)24-19-14-20(17-12-8-5-9-13-17)29-22(19)23(26)27-2;1-15-12(14)11-9(13)7-10(16-11)8-5-3-2-4-6-8;1-2-14-11(13)8-10(12)9-6-4-3-5-7-9/h5,8-9,12-14,16,18,24H,3-4,6-7,10-11,15H2,1-2H3;2-7H,13H2,1H3;9H,2-8H2,1H3. The molecule has 3 N–H and O–H groups in total. The van der Waals surface area contributed by atoms with Crippen molar-refractivity contribution >= 4 is 63.7 Å². The van der Waals surface area contributed by atoms with Gasteiger partial charge in [-0.05, 0) is 68.7 Å². The first-order chi connectivity index (χ1) is 28.6. The van der Waals surface area contributed by atoms with Crippen LogP contribution in [0.3, 0.4) is 0 Å². The number of nitrogen functional groups attached to an aromatic ring is 1. The van der Waals surface area contributed by atoms with Crippen LogP contribution < -0.4 is 11.1 Å². The summed E-state index contributed by atoms with van der Waals surface area (Å²) in [6, 6.07) is 23.5. The molecule has 4 aromatic rings. The Hall–Kier alpha value is -5.01. The van der Waals surface area contributed by atoms with Gasteiger partial charge in [0.25, 0.3) is 0 Å². The molecule has 13 heteroatoms. The molecule has 2 aromatic heterocycles. The van der Waals surface area contributed by atoms with Gasteiger partial charge < -0.3 is 30.0 Å². The highest BCUT2D eigenvalue weighted by Crippen LogP contribution is 2.38. The second-order valence-electron chi connectivity index (χ2n) is 14.4. The first-order valence-electron chi connectivity index (χ1n) is 20.5. The molecule has 1 unspecified atom stereocenters. The van der Waals surface area contributed by atoms with Crippen molar-refractivity contribution in [2.24, 2.45) is 11.8 Å². The Morgan fingerprint density at radius 2 is 1.17 bits per heavy atom. The molecule has 2 aliphatic carbocycles. The van der Waals surface area contributed by atoms with E-state index in [2.05, 4.69) is 10.1 Å². The quantitative estimate of drug-likeness (QED) is 0.0706. The summed E-state index contributed by atoms with van der Waals surface area (Å²) in [5.74, 6) is -0.741. The molecule has 2 aromatic carbocycles. The van der Waals surface area contributed by atoms with E-state index in [1.165, 1.54) is 62.6 Å². The Labute approximate surface area is 356 Å². The molecule has 0 radical (unpaired) electrons. The zero-order chi connectivity index (χ0) is 42.6. The second kappa shape index (κ2) is 24.8. The van der Waals surface area contributed by atoms with Crippen molar-refractivity contribution in [2.75, 3.05) is 38.5 Å². The summed E-state index contributed by atoms with van der Waals surface area (Å²) >= 11 is 2.76. The first kappa shape index (κ1) is 46.7. The van der Waals surface area contributed by atoms with Crippen LogP contribution in [-0.4, -0.2) is 63.1 Å². The van der Waals surface area contributed by atoms with E-state index in [-0.39, 0.29) is 48.0 Å². The van der Waals surface area contributed by atoms with Gasteiger partial charge in [0.1, 0.15) is 22.0 Å². The molecule has 59 heavy (non-hydrogen) atoms. The van der Waals surface area contributed by atoms with Gasteiger partial charge in [0.15, 0.2) is 0 Å². The Bertz CT molecular complexity index is 1930. The fourth-order valence-electron chi connectivity index (χ4n) is 7.28. The fraction of sp³-hybridized carbons (Fsp3) is 0.457. The fourth-order valence-corrected chi connectivity index (χ4v) is 9.33. The maximum atomic E-state index is 12.4. The van der Waals surface area contributed by atoms with Crippen molar-refractivity contribution in [3.05, 3.63) is 82.6 Å². The Kier molecular flexibility index (Phi) is 19.6. The minimum absolute atomic E-state index is 0.0293. The summed E-state index contributed by atoms with van der Waals surface area (Å²) in [5, 5.41) is 3.52. The van der Waals surface area contributed by atoms with Gasteiger partial charge in [-0.15, -0.1) is 22.7 Å². The van der Waals surface area contributed by atoms with Gasteiger partial charge in [0.05, 0.1) is 45.2 Å². The number of ether oxygens (including phenoxy) is 4. The van der Waals surface area contributed by atoms with Crippen LogP contribution in [0.1, 0.15) is 110 Å². The summed E-state index contributed by atoms with van der Waals surface area (Å²) in [4.78, 5) is 61.6. The molecule has 1 atom stereocenters. The van der Waals surface area contributed by atoms with Gasteiger partial charge in [0.2, 0.25) is 0 Å². The third-order valence-electron chi connectivity index (χ3n) is 10.3. The molecule has 318 valence electrons. The van der Waals surface area contributed by atoms with Crippen LogP contribution in [0.2, 0.25) is 0 Å². The molecule has 2 heterocycles. The second-order valence-corrected chi connectivity index (χ2v) is 16.5. The topological polar surface area (TPSA) is 160 Å². The van der Waals surface area contributed by atoms with Crippen LogP contribution in [0.5, 0.6) is 0 Å². The monoisotopic (exact) mass is 846 g/mol. The maximum absolute atomic E-state index is 12.4. The minimum Gasteiger partial charge on any atom is -0.466 e. The zero-order valence-electron chi connectivity index (χ0n) is 34.6. The van der Waals surface area contributed by atoms with Crippen LogP contribution in [-0.2, 0) is 33.3 Å². The third-order valence-corrected chi connectivity index (χ3v) is 12.6. The highest BCUT2D eigenvalue weighted by molar-refractivity contribution is 7.18. The number of nitrogens with two attached hydrogens (primary N) is 1. The minimum atomic E-state index is -0.385. The lowest BCUT2D eigenvalue weighted by molar-refractivity contribution is -0.147. The van der Waals surface area contributed by atoms with E-state index in [9.17, 15) is 24.0 Å². The number of hydrogen-bond donors (Lipinski definition) is 2. The number of esters is 4. The van der Waals surface area contributed by atoms with Crippen LogP contribution in [0.15, 0.2) is 72.8 Å². The highest BCUT2D eigenvalue weighted by Gasteiger charge is 2.29. The number of carbonyl (C=O) groups is 5. The number of thiophene rings is 2. The maximum Gasteiger partial charge on any atom is 0.350 e. The average Bonchev–Trinajstić information content (AvgIpc) is 3.88. The third kappa shape index (κ3) is 14.6. The molecule has 0 aliphatic heterocycles. The van der Waals surface area contributed by atoms with Crippen molar-refractivity contribution in [1.29, 1.82) is 0 Å². The molecule has 0 amide bonds. The lowest BCUT2D eigenvalue weighted by Crippen LogP contribution is -2.34. The normalized spacial score (nSPS) is 14.6. The number of carbonyl (C=O) groups excluding carboxylic acids is 5. The van der Waals surface area contributed by atoms with E-state index in [0.29, 0.717) is 41.0 Å². The van der Waals surface area contributed by atoms with Crippen molar-refractivity contribution in [3.8, 4) is 20.9 Å². The van der Waals surface area contributed by atoms with Crippen molar-refractivity contribution in [2.45, 2.75) is 96.9 Å². The smallest absolute Gasteiger partial charge is 0.350 e. The van der Waals surface area contributed by atoms with Crippen molar-refractivity contribution < 1.29 is 42.9 Å². The van der Waals surface area contributed by atoms with Crippen LogP contribution in [0.4, 0.5) is 11.4 Å².